The van der Waals surface area contributed by atoms with E-state index in [1.165, 1.54) is 0 Å². The second kappa shape index (κ2) is 5.77. The zero-order chi connectivity index (χ0) is 15.6. The van der Waals surface area contributed by atoms with Crippen molar-refractivity contribution in [3.8, 4) is 6.07 Å². The van der Waals surface area contributed by atoms with Gasteiger partial charge in [-0.2, -0.15) is 9.65 Å². The number of aromatic nitrogens is 2. The lowest BCUT2D eigenvalue weighted by Gasteiger charge is -2.30. The molecule has 3 N–H and O–H groups in total. The SMILES string of the molecule is N#CCC[C@]1(n2cc(F)c(=O)[nH]c2=O)C[C@H](O)[C@@H](CO)O1. The summed E-state index contributed by atoms with van der Waals surface area (Å²) in [6.45, 7) is -0.490. The third kappa shape index (κ3) is 2.73. The van der Waals surface area contributed by atoms with Crippen molar-refractivity contribution >= 4 is 0 Å². The molecule has 0 amide bonds. The van der Waals surface area contributed by atoms with E-state index in [2.05, 4.69) is 0 Å². The molecule has 0 aliphatic carbocycles. The summed E-state index contributed by atoms with van der Waals surface area (Å²) >= 11 is 0. The zero-order valence-corrected chi connectivity index (χ0v) is 11.0. The number of aromatic amines is 1. The summed E-state index contributed by atoms with van der Waals surface area (Å²) < 4.78 is 19.8. The maximum absolute atomic E-state index is 13.4. The van der Waals surface area contributed by atoms with Crippen LogP contribution < -0.4 is 11.2 Å². The summed E-state index contributed by atoms with van der Waals surface area (Å²) in [4.78, 5) is 24.8. The Morgan fingerprint density at radius 2 is 2.33 bits per heavy atom. The topological polar surface area (TPSA) is 128 Å². The van der Waals surface area contributed by atoms with Crippen LogP contribution in [0, 0.1) is 17.1 Å². The Balaban J connectivity index is 2.52. The van der Waals surface area contributed by atoms with Gasteiger partial charge in [-0.25, -0.2) is 4.79 Å². The van der Waals surface area contributed by atoms with Gasteiger partial charge in [0.05, 0.1) is 25.0 Å². The van der Waals surface area contributed by atoms with Crippen molar-refractivity contribution in [1.82, 2.24) is 9.55 Å². The molecule has 1 aromatic rings. The highest BCUT2D eigenvalue weighted by molar-refractivity contribution is 4.98. The minimum Gasteiger partial charge on any atom is -0.394 e. The third-order valence-corrected chi connectivity index (χ3v) is 3.47. The highest BCUT2D eigenvalue weighted by Gasteiger charge is 2.47. The van der Waals surface area contributed by atoms with Crippen molar-refractivity contribution in [3.63, 3.8) is 0 Å². The fraction of sp³-hybridized carbons (Fsp3) is 0.583. The molecule has 0 bridgehead atoms. The number of hydrogen-bond acceptors (Lipinski definition) is 6. The monoisotopic (exact) mass is 299 g/mol. The fourth-order valence-corrected chi connectivity index (χ4v) is 2.46. The van der Waals surface area contributed by atoms with Crippen LogP contribution in [0.1, 0.15) is 19.3 Å². The standard InChI is InChI=1S/C12H14FN3O5/c13-7-5-16(11(20)15-10(7)19)12(2-1-3-14)4-8(18)9(6-17)21-12/h5,8-9,17-18H,1-2,4,6H2,(H,15,19,20)/t8-,9+,12+/m0/s1. The molecule has 1 aromatic heterocycles. The maximum atomic E-state index is 13.4. The molecule has 3 atom stereocenters. The van der Waals surface area contributed by atoms with E-state index in [-0.39, 0.29) is 19.3 Å². The van der Waals surface area contributed by atoms with E-state index in [9.17, 15) is 19.1 Å². The second-order valence-corrected chi connectivity index (χ2v) is 4.82. The predicted molar refractivity (Wildman–Crippen MR) is 66.7 cm³/mol. The number of aliphatic hydroxyl groups excluding tert-OH is 2. The van der Waals surface area contributed by atoms with Crippen molar-refractivity contribution < 1.29 is 19.3 Å². The van der Waals surface area contributed by atoms with Crippen LogP contribution >= 0.6 is 0 Å². The van der Waals surface area contributed by atoms with E-state index >= 15 is 0 Å². The molecule has 2 heterocycles. The number of H-pyrrole nitrogens is 1. The molecular formula is C12H14FN3O5. The summed E-state index contributed by atoms with van der Waals surface area (Å²) in [6, 6.07) is 1.88. The molecule has 8 nitrogen and oxygen atoms in total. The number of ether oxygens (including phenoxy) is 1. The average molecular weight is 299 g/mol. The molecule has 9 heteroatoms. The summed E-state index contributed by atoms with van der Waals surface area (Å²) in [5.41, 5.74) is -3.56. The molecule has 1 aliphatic heterocycles. The summed E-state index contributed by atoms with van der Waals surface area (Å²) in [5, 5.41) is 27.7. The van der Waals surface area contributed by atoms with Gasteiger partial charge in [0.2, 0.25) is 5.82 Å². The van der Waals surface area contributed by atoms with Crippen molar-refractivity contribution in [2.75, 3.05) is 6.61 Å². The van der Waals surface area contributed by atoms with E-state index in [1.54, 1.807) is 4.98 Å². The Morgan fingerprint density at radius 3 is 2.90 bits per heavy atom. The van der Waals surface area contributed by atoms with Crippen LogP contribution in [0.4, 0.5) is 4.39 Å². The van der Waals surface area contributed by atoms with Gasteiger partial charge in [-0.05, 0) is 0 Å². The van der Waals surface area contributed by atoms with Crippen LogP contribution in [-0.2, 0) is 10.5 Å². The molecule has 0 aromatic carbocycles. The smallest absolute Gasteiger partial charge is 0.330 e. The highest BCUT2D eigenvalue weighted by atomic mass is 19.1. The number of nitrogens with one attached hydrogen (secondary N) is 1. The Bertz CT molecular complexity index is 679. The Hall–Kier alpha value is -2.02. The van der Waals surface area contributed by atoms with Gasteiger partial charge < -0.3 is 14.9 Å². The maximum Gasteiger partial charge on any atom is 0.330 e. The van der Waals surface area contributed by atoms with E-state index in [1.807, 2.05) is 6.07 Å². The minimum absolute atomic E-state index is 0.00243. The Kier molecular flexibility index (Phi) is 4.22. The second-order valence-electron chi connectivity index (χ2n) is 4.82. The third-order valence-electron chi connectivity index (χ3n) is 3.47. The molecule has 1 saturated heterocycles. The first-order chi connectivity index (χ1) is 9.93. The minimum atomic E-state index is -1.48. The largest absolute Gasteiger partial charge is 0.394 e. The van der Waals surface area contributed by atoms with Crippen LogP contribution in [0.3, 0.4) is 0 Å². The lowest BCUT2D eigenvalue weighted by molar-refractivity contribution is -0.123. The fourth-order valence-electron chi connectivity index (χ4n) is 2.46. The number of rotatable bonds is 4. The molecule has 21 heavy (non-hydrogen) atoms. The van der Waals surface area contributed by atoms with Crippen LogP contribution in [0.15, 0.2) is 15.8 Å². The molecule has 2 rings (SSSR count). The first-order valence-electron chi connectivity index (χ1n) is 6.29. The highest BCUT2D eigenvalue weighted by Crippen LogP contribution is 2.37. The number of hydrogen-bond donors (Lipinski definition) is 3. The van der Waals surface area contributed by atoms with Gasteiger partial charge in [0.25, 0.3) is 5.56 Å². The first-order valence-corrected chi connectivity index (χ1v) is 6.29. The van der Waals surface area contributed by atoms with Crippen LogP contribution in [0.5, 0.6) is 0 Å². The quantitative estimate of drug-likeness (QED) is 0.639. The molecule has 0 spiro atoms. The van der Waals surface area contributed by atoms with Crippen molar-refractivity contribution in [3.05, 3.63) is 32.9 Å². The van der Waals surface area contributed by atoms with Gasteiger partial charge in [-0.1, -0.05) is 0 Å². The van der Waals surface area contributed by atoms with E-state index in [0.29, 0.717) is 6.20 Å². The van der Waals surface area contributed by atoms with Crippen LogP contribution in [0.25, 0.3) is 0 Å². The lowest BCUT2D eigenvalue weighted by Crippen LogP contribution is -2.45. The molecule has 0 unspecified atom stereocenters. The molecule has 0 radical (unpaired) electrons. The number of halogens is 1. The van der Waals surface area contributed by atoms with Crippen molar-refractivity contribution in [2.45, 2.75) is 37.2 Å². The summed E-state index contributed by atoms with van der Waals surface area (Å²) in [6.07, 6.45) is -1.46. The first kappa shape index (κ1) is 15.4. The van der Waals surface area contributed by atoms with Crippen molar-refractivity contribution in [1.29, 1.82) is 5.26 Å². The zero-order valence-electron chi connectivity index (χ0n) is 11.0. The average Bonchev–Trinajstić information content (AvgIpc) is 2.78. The van der Waals surface area contributed by atoms with Gasteiger partial charge >= 0.3 is 5.69 Å². The summed E-state index contributed by atoms with van der Waals surface area (Å²) in [5.74, 6) is -1.18. The van der Waals surface area contributed by atoms with Crippen LogP contribution in [-0.4, -0.2) is 38.6 Å². The molecule has 1 aliphatic rings. The normalized spacial score (nSPS) is 28.5. The lowest BCUT2D eigenvalue weighted by atomic mass is 10.0. The van der Waals surface area contributed by atoms with Gasteiger partial charge in [-0.15, -0.1) is 0 Å². The van der Waals surface area contributed by atoms with E-state index < -0.39 is 41.6 Å². The molecular weight excluding hydrogens is 285 g/mol. The molecule has 1 fully saturated rings. The van der Waals surface area contributed by atoms with E-state index in [0.717, 1.165) is 4.57 Å². The van der Waals surface area contributed by atoms with Gasteiger partial charge in [0, 0.05) is 19.3 Å². The van der Waals surface area contributed by atoms with Gasteiger partial charge in [0.1, 0.15) is 6.10 Å². The number of nitrogens with zero attached hydrogens (tertiary/aromatic N) is 2. The van der Waals surface area contributed by atoms with E-state index in [4.69, 9.17) is 15.1 Å². The van der Waals surface area contributed by atoms with Gasteiger partial charge in [0.15, 0.2) is 5.72 Å². The number of nitriles is 1. The Morgan fingerprint density at radius 1 is 1.62 bits per heavy atom. The summed E-state index contributed by atoms with van der Waals surface area (Å²) in [7, 11) is 0. The molecule has 0 saturated carbocycles. The Labute approximate surface area is 118 Å². The van der Waals surface area contributed by atoms with Gasteiger partial charge in [-0.3, -0.25) is 14.3 Å². The van der Waals surface area contributed by atoms with Crippen LogP contribution in [0.2, 0.25) is 0 Å². The predicted octanol–water partition coefficient (Wildman–Crippen LogP) is -1.23. The number of aliphatic hydroxyl groups is 2. The molecule has 114 valence electrons. The van der Waals surface area contributed by atoms with Crippen molar-refractivity contribution in [2.24, 2.45) is 0 Å².